The van der Waals surface area contributed by atoms with E-state index in [0.717, 1.165) is 12.1 Å². The number of esters is 1. The standard InChI is InChI=1S/C18H15ClN2O4/c19-13-7-8-20-15(10-13)18(24)25-11-16(22)12-3-5-14(6-4-12)21-9-1-2-17(21)23/h3-8,10H,1-2,9,11H2. The van der Waals surface area contributed by atoms with Crippen LogP contribution in [0, 0.1) is 0 Å². The maximum atomic E-state index is 12.1. The Balaban J connectivity index is 1.59. The first-order chi connectivity index (χ1) is 12.0. The molecule has 1 saturated heterocycles. The molecule has 3 rings (SSSR count). The summed E-state index contributed by atoms with van der Waals surface area (Å²) in [6.07, 6.45) is 2.78. The molecule has 2 heterocycles. The number of Topliss-reactive ketones (excluding diaryl/α,β-unsaturated/α-hetero) is 1. The highest BCUT2D eigenvalue weighted by atomic mass is 35.5. The van der Waals surface area contributed by atoms with Crippen molar-refractivity contribution in [3.8, 4) is 0 Å². The largest absolute Gasteiger partial charge is 0.453 e. The molecular formula is C18H15ClN2O4. The maximum Gasteiger partial charge on any atom is 0.357 e. The quantitative estimate of drug-likeness (QED) is 0.606. The van der Waals surface area contributed by atoms with Crippen molar-refractivity contribution in [1.82, 2.24) is 4.98 Å². The van der Waals surface area contributed by atoms with Crippen LogP contribution in [0.2, 0.25) is 5.02 Å². The second kappa shape index (κ2) is 7.44. The Kier molecular flexibility index (Phi) is 5.09. The fourth-order valence-electron chi connectivity index (χ4n) is 2.55. The first-order valence-electron chi connectivity index (χ1n) is 7.77. The van der Waals surface area contributed by atoms with Crippen LogP contribution in [0.3, 0.4) is 0 Å². The number of pyridine rings is 1. The minimum atomic E-state index is -0.713. The first kappa shape index (κ1) is 17.1. The van der Waals surface area contributed by atoms with Crippen LogP contribution in [0.25, 0.3) is 0 Å². The van der Waals surface area contributed by atoms with Crippen LogP contribution in [0.4, 0.5) is 5.69 Å². The van der Waals surface area contributed by atoms with Gasteiger partial charge in [0.15, 0.2) is 12.4 Å². The van der Waals surface area contributed by atoms with Crippen molar-refractivity contribution in [2.45, 2.75) is 12.8 Å². The van der Waals surface area contributed by atoms with Crippen molar-refractivity contribution in [2.24, 2.45) is 0 Å². The first-order valence-corrected chi connectivity index (χ1v) is 8.15. The highest BCUT2D eigenvalue weighted by molar-refractivity contribution is 6.30. The summed E-state index contributed by atoms with van der Waals surface area (Å²) < 4.78 is 4.97. The zero-order valence-electron chi connectivity index (χ0n) is 13.3. The third kappa shape index (κ3) is 4.03. The molecule has 1 amide bonds. The number of halogens is 1. The summed E-state index contributed by atoms with van der Waals surface area (Å²) in [5, 5.41) is 0.361. The van der Waals surface area contributed by atoms with Gasteiger partial charge in [-0.1, -0.05) is 11.6 Å². The van der Waals surface area contributed by atoms with Crippen molar-refractivity contribution in [3.63, 3.8) is 0 Å². The number of hydrogen-bond donors (Lipinski definition) is 0. The van der Waals surface area contributed by atoms with Crippen molar-refractivity contribution < 1.29 is 19.1 Å². The van der Waals surface area contributed by atoms with Gasteiger partial charge in [0, 0.05) is 35.4 Å². The molecule has 0 spiro atoms. The Morgan fingerprint density at radius 1 is 1.20 bits per heavy atom. The van der Waals surface area contributed by atoms with E-state index in [-0.39, 0.29) is 17.4 Å². The molecule has 6 nitrogen and oxygen atoms in total. The fourth-order valence-corrected chi connectivity index (χ4v) is 2.71. The van der Waals surface area contributed by atoms with Gasteiger partial charge in [0.05, 0.1) is 0 Å². The molecule has 0 bridgehead atoms. The number of benzene rings is 1. The van der Waals surface area contributed by atoms with Gasteiger partial charge in [-0.2, -0.15) is 0 Å². The number of ether oxygens (including phenoxy) is 1. The van der Waals surface area contributed by atoms with Gasteiger partial charge in [0.1, 0.15) is 5.69 Å². The Hall–Kier alpha value is -2.73. The number of aromatic nitrogens is 1. The predicted octanol–water partition coefficient (Wildman–Crippen LogP) is 2.90. The van der Waals surface area contributed by atoms with Gasteiger partial charge in [0.2, 0.25) is 5.91 Å². The van der Waals surface area contributed by atoms with Gasteiger partial charge in [-0.15, -0.1) is 0 Å². The number of amides is 1. The topological polar surface area (TPSA) is 76.6 Å². The fraction of sp³-hybridized carbons (Fsp3) is 0.222. The van der Waals surface area contributed by atoms with Crippen LogP contribution < -0.4 is 4.90 Å². The summed E-state index contributed by atoms with van der Waals surface area (Å²) in [6.45, 7) is 0.297. The molecule has 1 aromatic carbocycles. The minimum Gasteiger partial charge on any atom is -0.453 e. The molecule has 25 heavy (non-hydrogen) atoms. The molecule has 0 atom stereocenters. The smallest absolute Gasteiger partial charge is 0.357 e. The number of rotatable bonds is 5. The normalized spacial score (nSPS) is 13.8. The molecule has 2 aromatic rings. The average Bonchev–Trinajstić information content (AvgIpc) is 3.05. The van der Waals surface area contributed by atoms with Gasteiger partial charge < -0.3 is 9.64 Å². The highest BCUT2D eigenvalue weighted by Gasteiger charge is 2.21. The summed E-state index contributed by atoms with van der Waals surface area (Å²) in [5.41, 5.74) is 1.21. The van der Waals surface area contributed by atoms with Gasteiger partial charge in [-0.25, -0.2) is 9.78 Å². The summed E-state index contributed by atoms with van der Waals surface area (Å²) in [5.74, 6) is -0.966. The molecule has 128 valence electrons. The molecule has 0 radical (unpaired) electrons. The van der Waals surface area contributed by atoms with Gasteiger partial charge in [0.25, 0.3) is 0 Å². The molecule has 0 N–H and O–H groups in total. The third-order valence-corrected chi connectivity index (χ3v) is 4.07. The number of carbonyl (C=O) groups excluding carboxylic acids is 3. The molecule has 1 aliphatic heterocycles. The number of ketones is 1. The zero-order chi connectivity index (χ0) is 17.8. The van der Waals surface area contributed by atoms with Crippen molar-refractivity contribution >= 4 is 34.9 Å². The van der Waals surface area contributed by atoms with E-state index in [2.05, 4.69) is 4.98 Å². The number of anilines is 1. The Labute approximate surface area is 149 Å². The summed E-state index contributed by atoms with van der Waals surface area (Å²) >= 11 is 5.78. The lowest BCUT2D eigenvalue weighted by Crippen LogP contribution is -2.23. The molecule has 0 saturated carbocycles. The van der Waals surface area contributed by atoms with E-state index in [1.165, 1.54) is 18.3 Å². The van der Waals surface area contributed by atoms with E-state index in [1.54, 1.807) is 29.2 Å². The van der Waals surface area contributed by atoms with Crippen LogP contribution in [-0.2, 0) is 9.53 Å². The van der Waals surface area contributed by atoms with Gasteiger partial charge >= 0.3 is 5.97 Å². The molecule has 1 fully saturated rings. The van der Waals surface area contributed by atoms with E-state index < -0.39 is 12.6 Å². The number of nitrogens with zero attached hydrogens (tertiary/aromatic N) is 2. The predicted molar refractivity (Wildman–Crippen MR) is 91.9 cm³/mol. The monoisotopic (exact) mass is 358 g/mol. The zero-order valence-corrected chi connectivity index (χ0v) is 14.0. The van der Waals surface area contributed by atoms with Crippen LogP contribution in [0.15, 0.2) is 42.6 Å². The Morgan fingerprint density at radius 2 is 1.96 bits per heavy atom. The Morgan fingerprint density at radius 3 is 2.60 bits per heavy atom. The molecule has 1 aliphatic rings. The van der Waals surface area contributed by atoms with Crippen molar-refractivity contribution in [3.05, 3.63) is 58.9 Å². The van der Waals surface area contributed by atoms with Crippen LogP contribution in [0.1, 0.15) is 33.7 Å². The lowest BCUT2D eigenvalue weighted by Gasteiger charge is -2.15. The van der Waals surface area contributed by atoms with E-state index >= 15 is 0 Å². The van der Waals surface area contributed by atoms with Gasteiger partial charge in [-0.05, 0) is 42.8 Å². The highest BCUT2D eigenvalue weighted by Crippen LogP contribution is 2.21. The molecule has 0 unspecified atom stereocenters. The summed E-state index contributed by atoms with van der Waals surface area (Å²) in [6, 6.07) is 9.59. The summed E-state index contributed by atoms with van der Waals surface area (Å²) in [7, 11) is 0. The average molecular weight is 359 g/mol. The Bertz CT molecular complexity index is 820. The molecule has 1 aromatic heterocycles. The van der Waals surface area contributed by atoms with Crippen LogP contribution in [0.5, 0.6) is 0 Å². The number of carbonyl (C=O) groups is 3. The van der Waals surface area contributed by atoms with Crippen molar-refractivity contribution in [1.29, 1.82) is 0 Å². The molecule has 0 aliphatic carbocycles. The van der Waals surface area contributed by atoms with E-state index in [1.807, 2.05) is 0 Å². The number of hydrogen-bond acceptors (Lipinski definition) is 5. The molecular weight excluding hydrogens is 344 g/mol. The second-order valence-electron chi connectivity index (χ2n) is 5.55. The van der Waals surface area contributed by atoms with E-state index in [9.17, 15) is 14.4 Å². The summed E-state index contributed by atoms with van der Waals surface area (Å²) in [4.78, 5) is 41.3. The second-order valence-corrected chi connectivity index (χ2v) is 5.99. The van der Waals surface area contributed by atoms with Crippen LogP contribution >= 0.6 is 11.6 Å². The maximum absolute atomic E-state index is 12.1. The van der Waals surface area contributed by atoms with E-state index in [0.29, 0.717) is 23.6 Å². The third-order valence-electron chi connectivity index (χ3n) is 3.84. The van der Waals surface area contributed by atoms with Gasteiger partial charge in [-0.3, -0.25) is 9.59 Å². The minimum absolute atomic E-state index is 0.0446. The van der Waals surface area contributed by atoms with Crippen molar-refractivity contribution in [2.75, 3.05) is 18.1 Å². The lowest BCUT2D eigenvalue weighted by molar-refractivity contribution is -0.117. The van der Waals surface area contributed by atoms with E-state index in [4.69, 9.17) is 16.3 Å². The lowest BCUT2D eigenvalue weighted by atomic mass is 10.1. The SMILES string of the molecule is O=C(COC(=O)c1cc(Cl)ccn1)c1ccc(N2CCCC2=O)cc1. The van der Waals surface area contributed by atoms with Crippen LogP contribution in [-0.4, -0.2) is 35.8 Å². The molecule has 7 heteroatoms.